The number of aromatic nitrogens is 1. The fourth-order valence-electron chi connectivity index (χ4n) is 0.894. The maximum Gasteiger partial charge on any atom is 0.281 e. The Kier molecular flexibility index (Phi) is 3.08. The molecule has 13 heavy (non-hydrogen) atoms. The van der Waals surface area contributed by atoms with Gasteiger partial charge in [0.2, 0.25) is 0 Å². The quantitative estimate of drug-likeness (QED) is 0.596. The van der Waals surface area contributed by atoms with Gasteiger partial charge in [0.05, 0.1) is 0 Å². The highest BCUT2D eigenvalue weighted by molar-refractivity contribution is 9.10. The van der Waals surface area contributed by atoms with E-state index in [1.807, 2.05) is 0 Å². The van der Waals surface area contributed by atoms with E-state index in [1.165, 1.54) is 6.07 Å². The van der Waals surface area contributed by atoms with Crippen LogP contribution in [-0.2, 0) is 0 Å². The van der Waals surface area contributed by atoms with E-state index in [2.05, 4.69) is 20.9 Å². The van der Waals surface area contributed by atoms with Gasteiger partial charge in [0, 0.05) is 5.56 Å². The monoisotopic (exact) mass is 249 g/mol. The molecule has 0 aromatic carbocycles. The molecule has 1 heterocycles. The lowest BCUT2D eigenvalue weighted by molar-refractivity contribution is 0.110. The molecule has 0 radical (unpaired) electrons. The van der Waals surface area contributed by atoms with Gasteiger partial charge in [0.15, 0.2) is 6.29 Å². The Morgan fingerprint density at radius 1 is 1.62 bits per heavy atom. The molecule has 70 valence electrons. The maximum absolute atomic E-state index is 12.3. The Bertz CT molecular complexity index is 341. The van der Waals surface area contributed by atoms with Crippen LogP contribution in [0.4, 0.5) is 8.78 Å². The molecular weight excluding hydrogens is 244 g/mol. The lowest BCUT2D eigenvalue weighted by Gasteiger charge is -2.05. The number of hydrogen-bond acceptors (Lipinski definition) is 2. The molecule has 1 rings (SSSR count). The second-order valence-corrected chi connectivity index (χ2v) is 3.24. The van der Waals surface area contributed by atoms with Gasteiger partial charge in [-0.1, -0.05) is 0 Å². The highest BCUT2D eigenvalue weighted by Crippen LogP contribution is 2.24. The van der Waals surface area contributed by atoms with Crippen LogP contribution in [0.5, 0.6) is 0 Å². The molecule has 0 aliphatic carbocycles. The van der Waals surface area contributed by atoms with Crippen molar-refractivity contribution in [2.45, 2.75) is 13.3 Å². The van der Waals surface area contributed by atoms with E-state index in [0.29, 0.717) is 16.5 Å². The molecule has 0 N–H and O–H groups in total. The zero-order chi connectivity index (χ0) is 10.0. The first-order chi connectivity index (χ1) is 6.06. The standard InChI is InChI=1S/C8H6BrF2NO/c1-4-2-5(3-13)6(8(10)11)12-7(4)9/h2-3,8H,1H3. The second-order valence-electron chi connectivity index (χ2n) is 2.49. The van der Waals surface area contributed by atoms with Gasteiger partial charge in [-0.2, -0.15) is 0 Å². The molecular formula is C8H6BrF2NO. The molecule has 2 nitrogen and oxygen atoms in total. The largest absolute Gasteiger partial charge is 0.298 e. The number of aryl methyl sites for hydroxylation is 1. The van der Waals surface area contributed by atoms with Crippen molar-refractivity contribution < 1.29 is 13.6 Å². The van der Waals surface area contributed by atoms with Gasteiger partial charge in [0.1, 0.15) is 10.3 Å². The third-order valence-corrected chi connectivity index (χ3v) is 2.35. The van der Waals surface area contributed by atoms with Crippen molar-refractivity contribution in [3.63, 3.8) is 0 Å². The fourth-order valence-corrected chi connectivity index (χ4v) is 1.20. The minimum absolute atomic E-state index is 0.0595. The van der Waals surface area contributed by atoms with Crippen LogP contribution in [0.25, 0.3) is 0 Å². The summed E-state index contributed by atoms with van der Waals surface area (Å²) in [5.74, 6) is 0. The molecule has 5 heteroatoms. The predicted octanol–water partition coefficient (Wildman–Crippen LogP) is 2.90. The van der Waals surface area contributed by atoms with Crippen molar-refractivity contribution in [2.24, 2.45) is 0 Å². The van der Waals surface area contributed by atoms with Crippen molar-refractivity contribution in [3.8, 4) is 0 Å². The van der Waals surface area contributed by atoms with Crippen LogP contribution < -0.4 is 0 Å². The number of nitrogens with zero attached hydrogens (tertiary/aromatic N) is 1. The van der Waals surface area contributed by atoms with E-state index in [0.717, 1.165) is 0 Å². The SMILES string of the molecule is Cc1cc(C=O)c(C(F)F)nc1Br. The normalized spacial score (nSPS) is 10.5. The summed E-state index contributed by atoms with van der Waals surface area (Å²) in [6, 6.07) is 1.38. The van der Waals surface area contributed by atoms with E-state index in [-0.39, 0.29) is 5.56 Å². The number of carbonyl (C=O) groups is 1. The summed E-state index contributed by atoms with van der Waals surface area (Å²) in [5.41, 5.74) is 0.120. The number of rotatable bonds is 2. The Morgan fingerprint density at radius 3 is 2.69 bits per heavy atom. The van der Waals surface area contributed by atoms with Crippen LogP contribution in [-0.4, -0.2) is 11.3 Å². The zero-order valence-electron chi connectivity index (χ0n) is 6.72. The molecule has 0 aliphatic heterocycles. The fraction of sp³-hybridized carbons (Fsp3) is 0.250. The Morgan fingerprint density at radius 2 is 2.23 bits per heavy atom. The van der Waals surface area contributed by atoms with E-state index >= 15 is 0 Å². The molecule has 0 bridgehead atoms. The smallest absolute Gasteiger partial charge is 0.281 e. The molecule has 1 aromatic heterocycles. The molecule has 1 aromatic rings. The second kappa shape index (κ2) is 3.91. The topological polar surface area (TPSA) is 30.0 Å². The highest BCUT2D eigenvalue weighted by atomic mass is 79.9. The van der Waals surface area contributed by atoms with Crippen molar-refractivity contribution in [1.29, 1.82) is 0 Å². The molecule has 0 fully saturated rings. The summed E-state index contributed by atoms with van der Waals surface area (Å²) in [6.07, 6.45) is -2.34. The number of pyridine rings is 1. The minimum atomic E-state index is -2.72. The van der Waals surface area contributed by atoms with Gasteiger partial charge in [-0.25, -0.2) is 13.8 Å². The number of alkyl halides is 2. The molecule has 0 unspecified atom stereocenters. The summed E-state index contributed by atoms with van der Waals surface area (Å²) in [5, 5.41) is 0. The molecule has 0 saturated heterocycles. The van der Waals surface area contributed by atoms with Gasteiger partial charge in [-0.15, -0.1) is 0 Å². The average Bonchev–Trinajstić information content (AvgIpc) is 2.08. The van der Waals surface area contributed by atoms with Crippen LogP contribution in [0.2, 0.25) is 0 Å². The van der Waals surface area contributed by atoms with E-state index in [4.69, 9.17) is 0 Å². The van der Waals surface area contributed by atoms with Gasteiger partial charge < -0.3 is 0 Å². The Labute approximate surface area is 82.1 Å². The molecule has 0 spiro atoms. The highest BCUT2D eigenvalue weighted by Gasteiger charge is 2.16. The van der Waals surface area contributed by atoms with Crippen LogP contribution >= 0.6 is 15.9 Å². The minimum Gasteiger partial charge on any atom is -0.298 e. The number of carbonyl (C=O) groups excluding carboxylic acids is 1. The number of aldehydes is 1. The number of halogens is 3. The first-order valence-corrected chi connectivity index (χ1v) is 4.26. The maximum atomic E-state index is 12.3. The summed E-state index contributed by atoms with van der Waals surface area (Å²) in [6.45, 7) is 1.68. The summed E-state index contributed by atoms with van der Waals surface area (Å²) in [4.78, 5) is 14.0. The molecule has 0 atom stereocenters. The summed E-state index contributed by atoms with van der Waals surface area (Å²) < 4.78 is 24.9. The van der Waals surface area contributed by atoms with Gasteiger partial charge in [-0.3, -0.25) is 4.79 Å². The van der Waals surface area contributed by atoms with E-state index in [9.17, 15) is 13.6 Å². The lowest BCUT2D eigenvalue weighted by atomic mass is 10.1. The third-order valence-electron chi connectivity index (χ3n) is 1.55. The molecule has 0 saturated carbocycles. The first-order valence-electron chi connectivity index (χ1n) is 3.46. The lowest BCUT2D eigenvalue weighted by Crippen LogP contribution is -1.99. The predicted molar refractivity (Wildman–Crippen MR) is 47.0 cm³/mol. The van der Waals surface area contributed by atoms with Crippen LogP contribution in [0.1, 0.15) is 28.0 Å². The Hall–Kier alpha value is -0.840. The van der Waals surface area contributed by atoms with Gasteiger partial charge in [0.25, 0.3) is 6.43 Å². The third kappa shape index (κ3) is 2.09. The van der Waals surface area contributed by atoms with E-state index in [1.54, 1.807) is 6.92 Å². The van der Waals surface area contributed by atoms with Crippen molar-refractivity contribution in [2.75, 3.05) is 0 Å². The molecule has 0 aliphatic rings. The van der Waals surface area contributed by atoms with Crippen molar-refractivity contribution >= 4 is 22.2 Å². The van der Waals surface area contributed by atoms with Crippen LogP contribution in [0.15, 0.2) is 10.7 Å². The average molecular weight is 250 g/mol. The van der Waals surface area contributed by atoms with Crippen molar-refractivity contribution in [1.82, 2.24) is 4.98 Å². The van der Waals surface area contributed by atoms with Gasteiger partial charge >= 0.3 is 0 Å². The Balaban J connectivity index is 3.32. The van der Waals surface area contributed by atoms with Crippen molar-refractivity contribution in [3.05, 3.63) is 27.5 Å². The summed E-state index contributed by atoms with van der Waals surface area (Å²) in [7, 11) is 0. The van der Waals surface area contributed by atoms with Crippen LogP contribution in [0.3, 0.4) is 0 Å². The number of hydrogen-bond donors (Lipinski definition) is 0. The zero-order valence-corrected chi connectivity index (χ0v) is 8.31. The first kappa shape index (κ1) is 10.2. The van der Waals surface area contributed by atoms with E-state index < -0.39 is 12.1 Å². The van der Waals surface area contributed by atoms with Crippen LogP contribution in [0, 0.1) is 6.92 Å². The molecule has 0 amide bonds. The summed E-state index contributed by atoms with van der Waals surface area (Å²) >= 11 is 3.02. The van der Waals surface area contributed by atoms with Gasteiger partial charge in [-0.05, 0) is 34.5 Å².